The Hall–Kier alpha value is -2.04. The molecule has 28 heavy (non-hydrogen) atoms. The quantitative estimate of drug-likeness (QED) is 0.656. The summed E-state index contributed by atoms with van der Waals surface area (Å²) in [5, 5.41) is 4.08. The highest BCUT2D eigenvalue weighted by atomic mass is 35.5. The molecule has 4 nitrogen and oxygen atoms in total. The number of halogens is 2. The molecule has 1 N–H and O–H groups in total. The topological polar surface area (TPSA) is 49.4 Å². The lowest BCUT2D eigenvalue weighted by Crippen LogP contribution is -2.46. The van der Waals surface area contributed by atoms with Crippen LogP contribution in [0.25, 0.3) is 0 Å². The highest BCUT2D eigenvalue weighted by Gasteiger charge is 2.32. The van der Waals surface area contributed by atoms with Gasteiger partial charge in [-0.05, 0) is 48.9 Å². The maximum Gasteiger partial charge on any atom is 0.247 e. The number of piperidine rings is 1. The van der Waals surface area contributed by atoms with Gasteiger partial charge >= 0.3 is 0 Å². The van der Waals surface area contributed by atoms with Gasteiger partial charge in [-0.1, -0.05) is 59.6 Å². The number of nitrogens with one attached hydrogen (secondary N) is 1. The van der Waals surface area contributed by atoms with E-state index < -0.39 is 6.04 Å². The molecule has 6 heteroatoms. The Morgan fingerprint density at radius 2 is 1.86 bits per heavy atom. The summed E-state index contributed by atoms with van der Waals surface area (Å²) in [6, 6.07) is 14.5. The standard InChI is InChI=1S/C22H24Cl2N2O2/c23-18-12-11-16(15-19(18)24)7-6-13-25-22(28)21(17-8-2-1-3-9-17)26-14-5-4-10-20(26)27/h1-3,8-9,11-12,15,21H,4-7,10,13-14H2,(H,25,28). The van der Waals surface area contributed by atoms with Crippen molar-refractivity contribution in [2.24, 2.45) is 0 Å². The highest BCUT2D eigenvalue weighted by molar-refractivity contribution is 6.42. The van der Waals surface area contributed by atoms with Crippen molar-refractivity contribution in [2.45, 2.75) is 38.1 Å². The van der Waals surface area contributed by atoms with E-state index in [1.54, 1.807) is 11.0 Å². The minimum absolute atomic E-state index is 0.0473. The maximum atomic E-state index is 13.0. The number of hydrogen-bond acceptors (Lipinski definition) is 2. The second-order valence-electron chi connectivity index (χ2n) is 7.00. The second-order valence-corrected chi connectivity index (χ2v) is 7.81. The van der Waals surface area contributed by atoms with Gasteiger partial charge < -0.3 is 10.2 Å². The van der Waals surface area contributed by atoms with Crippen molar-refractivity contribution < 1.29 is 9.59 Å². The number of amides is 2. The number of hydrogen-bond donors (Lipinski definition) is 1. The monoisotopic (exact) mass is 418 g/mol. The van der Waals surface area contributed by atoms with Crippen LogP contribution in [0.4, 0.5) is 0 Å². The van der Waals surface area contributed by atoms with E-state index in [-0.39, 0.29) is 11.8 Å². The Morgan fingerprint density at radius 3 is 2.57 bits per heavy atom. The lowest BCUT2D eigenvalue weighted by Gasteiger charge is -2.34. The molecule has 2 amide bonds. The van der Waals surface area contributed by atoms with Crippen LogP contribution in [0.15, 0.2) is 48.5 Å². The normalized spacial score (nSPS) is 15.4. The van der Waals surface area contributed by atoms with Gasteiger partial charge in [0.1, 0.15) is 6.04 Å². The third-order valence-electron chi connectivity index (χ3n) is 4.96. The molecule has 1 saturated heterocycles. The summed E-state index contributed by atoms with van der Waals surface area (Å²) in [4.78, 5) is 27.1. The average molecular weight is 419 g/mol. The van der Waals surface area contributed by atoms with Gasteiger partial charge in [0.05, 0.1) is 10.0 Å². The fourth-order valence-electron chi connectivity index (χ4n) is 3.50. The number of benzene rings is 2. The average Bonchev–Trinajstić information content (AvgIpc) is 2.70. The lowest BCUT2D eigenvalue weighted by molar-refractivity contribution is -0.142. The van der Waals surface area contributed by atoms with Gasteiger partial charge in [-0.25, -0.2) is 0 Å². The van der Waals surface area contributed by atoms with Crippen LogP contribution in [0.5, 0.6) is 0 Å². The van der Waals surface area contributed by atoms with E-state index in [1.165, 1.54) is 0 Å². The summed E-state index contributed by atoms with van der Waals surface area (Å²) >= 11 is 12.0. The van der Waals surface area contributed by atoms with E-state index in [1.807, 2.05) is 42.5 Å². The molecular weight excluding hydrogens is 395 g/mol. The molecule has 0 bridgehead atoms. The third-order valence-corrected chi connectivity index (χ3v) is 5.70. The van der Waals surface area contributed by atoms with Crippen LogP contribution in [0.3, 0.4) is 0 Å². The lowest BCUT2D eigenvalue weighted by atomic mass is 10.0. The molecule has 148 valence electrons. The van der Waals surface area contributed by atoms with Crippen LogP contribution in [0.1, 0.15) is 42.9 Å². The van der Waals surface area contributed by atoms with Crippen LogP contribution < -0.4 is 5.32 Å². The molecule has 0 saturated carbocycles. The molecule has 1 fully saturated rings. The van der Waals surface area contributed by atoms with Crippen LogP contribution in [0, 0.1) is 0 Å². The van der Waals surface area contributed by atoms with E-state index in [4.69, 9.17) is 23.2 Å². The minimum atomic E-state index is -0.570. The number of likely N-dealkylation sites (tertiary alicyclic amines) is 1. The smallest absolute Gasteiger partial charge is 0.247 e. The molecule has 1 heterocycles. The fourth-order valence-corrected chi connectivity index (χ4v) is 3.82. The van der Waals surface area contributed by atoms with Crippen molar-refractivity contribution in [1.82, 2.24) is 10.2 Å². The van der Waals surface area contributed by atoms with E-state index >= 15 is 0 Å². The summed E-state index contributed by atoms with van der Waals surface area (Å²) in [7, 11) is 0. The molecule has 1 atom stereocenters. The molecule has 1 unspecified atom stereocenters. The van der Waals surface area contributed by atoms with E-state index in [9.17, 15) is 9.59 Å². The van der Waals surface area contributed by atoms with Gasteiger partial charge in [-0.2, -0.15) is 0 Å². The van der Waals surface area contributed by atoms with Crippen molar-refractivity contribution in [3.8, 4) is 0 Å². The van der Waals surface area contributed by atoms with Gasteiger partial charge in [0.25, 0.3) is 0 Å². The zero-order valence-electron chi connectivity index (χ0n) is 15.7. The summed E-state index contributed by atoms with van der Waals surface area (Å²) in [5.74, 6) is -0.0818. The Balaban J connectivity index is 1.61. The molecule has 2 aromatic carbocycles. The SMILES string of the molecule is O=C(NCCCc1ccc(Cl)c(Cl)c1)C(c1ccccc1)N1CCCCC1=O. The first-order valence-electron chi connectivity index (χ1n) is 9.62. The summed E-state index contributed by atoms with van der Waals surface area (Å²) < 4.78 is 0. The van der Waals surface area contributed by atoms with Crippen molar-refractivity contribution in [1.29, 1.82) is 0 Å². The molecule has 0 radical (unpaired) electrons. The molecule has 0 spiro atoms. The fraction of sp³-hybridized carbons (Fsp3) is 0.364. The first-order valence-corrected chi connectivity index (χ1v) is 10.4. The van der Waals surface area contributed by atoms with Gasteiger partial charge in [0.15, 0.2) is 0 Å². The zero-order valence-corrected chi connectivity index (χ0v) is 17.2. The Morgan fingerprint density at radius 1 is 1.07 bits per heavy atom. The molecule has 0 aliphatic carbocycles. The van der Waals surface area contributed by atoms with Crippen LogP contribution in [0.2, 0.25) is 10.0 Å². The van der Waals surface area contributed by atoms with Crippen molar-refractivity contribution in [3.05, 3.63) is 69.7 Å². The van der Waals surface area contributed by atoms with Crippen LogP contribution >= 0.6 is 23.2 Å². The largest absolute Gasteiger partial charge is 0.354 e. The molecular formula is C22H24Cl2N2O2. The highest BCUT2D eigenvalue weighted by Crippen LogP contribution is 2.26. The van der Waals surface area contributed by atoms with Gasteiger partial charge in [0, 0.05) is 19.5 Å². The molecule has 1 aliphatic rings. The van der Waals surface area contributed by atoms with E-state index in [0.717, 1.165) is 36.8 Å². The van der Waals surface area contributed by atoms with Crippen molar-refractivity contribution in [2.75, 3.05) is 13.1 Å². The first-order chi connectivity index (χ1) is 13.6. The number of aryl methyl sites for hydroxylation is 1. The third kappa shape index (κ3) is 5.27. The van der Waals surface area contributed by atoms with Gasteiger partial charge in [-0.15, -0.1) is 0 Å². The number of nitrogens with zero attached hydrogens (tertiary/aromatic N) is 1. The zero-order chi connectivity index (χ0) is 19.9. The Labute approximate surface area is 175 Å². The molecule has 1 aliphatic heterocycles. The predicted octanol–water partition coefficient (Wildman–Crippen LogP) is 4.80. The number of rotatable bonds is 7. The summed E-state index contributed by atoms with van der Waals surface area (Å²) in [6.45, 7) is 1.15. The Bertz CT molecular complexity index is 827. The van der Waals surface area contributed by atoms with Crippen molar-refractivity contribution >= 4 is 35.0 Å². The summed E-state index contributed by atoms with van der Waals surface area (Å²) in [6.07, 6.45) is 3.89. The van der Waals surface area contributed by atoms with E-state index in [0.29, 0.717) is 29.6 Å². The predicted molar refractivity (Wildman–Crippen MR) is 113 cm³/mol. The van der Waals surface area contributed by atoms with Crippen molar-refractivity contribution in [3.63, 3.8) is 0 Å². The minimum Gasteiger partial charge on any atom is -0.354 e. The van der Waals surface area contributed by atoms with E-state index in [2.05, 4.69) is 5.32 Å². The van der Waals surface area contributed by atoms with Crippen LogP contribution in [-0.4, -0.2) is 29.8 Å². The van der Waals surface area contributed by atoms with Gasteiger partial charge in [-0.3, -0.25) is 9.59 Å². The molecule has 3 rings (SSSR count). The molecule has 0 aromatic heterocycles. The maximum absolute atomic E-state index is 13.0. The Kier molecular flexibility index (Phi) is 7.35. The second kappa shape index (κ2) is 9.94. The van der Waals surface area contributed by atoms with Crippen LogP contribution in [-0.2, 0) is 16.0 Å². The van der Waals surface area contributed by atoms with Gasteiger partial charge in [0.2, 0.25) is 11.8 Å². The number of carbonyl (C=O) groups is 2. The number of carbonyl (C=O) groups excluding carboxylic acids is 2. The molecule has 2 aromatic rings. The summed E-state index contributed by atoms with van der Waals surface area (Å²) in [5.41, 5.74) is 1.93. The first kappa shape index (κ1) is 20.7.